The molecule has 0 heterocycles. The van der Waals surface area contributed by atoms with Gasteiger partial charge in [-0.2, -0.15) is 0 Å². The van der Waals surface area contributed by atoms with Crippen molar-refractivity contribution < 1.29 is 19.8 Å². The van der Waals surface area contributed by atoms with Gasteiger partial charge in [0.05, 0.1) is 12.7 Å². The summed E-state index contributed by atoms with van der Waals surface area (Å²) in [6.45, 7) is 2.77. The Bertz CT molecular complexity index is 290. The van der Waals surface area contributed by atoms with Gasteiger partial charge in [-0.1, -0.05) is 0 Å². The van der Waals surface area contributed by atoms with E-state index in [0.29, 0.717) is 19.4 Å². The number of unbranched alkanes of at least 4 members (excludes halogenated alkanes) is 3. The van der Waals surface area contributed by atoms with Crippen LogP contribution in [0.25, 0.3) is 0 Å². The largest absolute Gasteiger partial charge is 0.395 e. The Labute approximate surface area is 132 Å². The van der Waals surface area contributed by atoms with Crippen molar-refractivity contribution in [1.82, 2.24) is 10.2 Å². The third-order valence-corrected chi connectivity index (χ3v) is 3.40. The van der Waals surface area contributed by atoms with E-state index in [1.165, 1.54) is 0 Å². The van der Waals surface area contributed by atoms with Crippen LogP contribution in [0.4, 0.5) is 0 Å². The summed E-state index contributed by atoms with van der Waals surface area (Å²) in [5, 5.41) is 20.9. The molecule has 1 amide bonds. The number of hydrogen-bond donors (Lipinski definition) is 4. The molecule has 22 heavy (non-hydrogen) atoms. The van der Waals surface area contributed by atoms with E-state index in [-0.39, 0.29) is 25.6 Å². The highest BCUT2D eigenvalue weighted by atomic mass is 16.3. The van der Waals surface area contributed by atoms with E-state index in [1.54, 1.807) is 0 Å². The highest BCUT2D eigenvalue weighted by Crippen LogP contribution is 2.02. The van der Waals surface area contributed by atoms with Crippen LogP contribution in [-0.2, 0) is 9.59 Å². The van der Waals surface area contributed by atoms with E-state index in [4.69, 9.17) is 10.8 Å². The van der Waals surface area contributed by atoms with Crippen LogP contribution in [-0.4, -0.2) is 72.7 Å². The van der Waals surface area contributed by atoms with Crippen LogP contribution in [0.5, 0.6) is 0 Å². The third kappa shape index (κ3) is 12.7. The molecule has 0 radical (unpaired) electrons. The molecule has 0 bridgehead atoms. The number of aliphatic hydroxyl groups is 2. The molecule has 1 unspecified atom stereocenters. The number of nitrogens with one attached hydrogen (secondary N) is 1. The van der Waals surface area contributed by atoms with Crippen LogP contribution in [0.2, 0.25) is 0 Å². The van der Waals surface area contributed by atoms with E-state index in [0.717, 1.165) is 45.1 Å². The zero-order chi connectivity index (χ0) is 16.6. The molecule has 0 fully saturated rings. The minimum Gasteiger partial charge on any atom is -0.395 e. The highest BCUT2D eigenvalue weighted by Gasteiger charge is 2.07. The normalized spacial score (nSPS) is 12.4. The number of rotatable bonds is 15. The maximum absolute atomic E-state index is 11.5. The number of amides is 1. The number of carbonyl (C=O) groups excluding carboxylic acids is 2. The number of aldehydes is 1. The molecule has 0 spiro atoms. The fourth-order valence-corrected chi connectivity index (χ4v) is 2.06. The molecule has 0 aromatic carbocycles. The molecule has 7 nitrogen and oxygen atoms in total. The summed E-state index contributed by atoms with van der Waals surface area (Å²) in [6, 6.07) is 0. The second-order valence-corrected chi connectivity index (χ2v) is 5.38. The van der Waals surface area contributed by atoms with Gasteiger partial charge in [-0.25, -0.2) is 0 Å². The van der Waals surface area contributed by atoms with Crippen LogP contribution in [0.3, 0.4) is 0 Å². The van der Waals surface area contributed by atoms with Crippen molar-refractivity contribution in [3.63, 3.8) is 0 Å². The minimum atomic E-state index is -0.685. The molecule has 0 aromatic heterocycles. The van der Waals surface area contributed by atoms with Crippen molar-refractivity contribution in [2.24, 2.45) is 5.73 Å². The summed E-state index contributed by atoms with van der Waals surface area (Å²) in [7, 11) is 0. The Morgan fingerprint density at radius 1 is 1.18 bits per heavy atom. The van der Waals surface area contributed by atoms with Gasteiger partial charge >= 0.3 is 0 Å². The standard InChI is InChI=1S/C15H31N3O4/c16-12-14(21)13-17-15(22)6-2-4-8-18(9-11-20)7-3-1-5-10-19/h10,14,20-21H,1-9,11-13,16H2,(H,17,22). The quantitative estimate of drug-likeness (QED) is 0.233. The zero-order valence-corrected chi connectivity index (χ0v) is 13.4. The summed E-state index contributed by atoms with van der Waals surface area (Å²) in [6.07, 6.45) is 4.71. The highest BCUT2D eigenvalue weighted by molar-refractivity contribution is 5.75. The lowest BCUT2D eigenvalue weighted by molar-refractivity contribution is -0.121. The van der Waals surface area contributed by atoms with E-state index in [2.05, 4.69) is 10.2 Å². The van der Waals surface area contributed by atoms with Gasteiger partial charge in [0, 0.05) is 32.5 Å². The average molecular weight is 317 g/mol. The van der Waals surface area contributed by atoms with Crippen LogP contribution in [0, 0.1) is 0 Å². The molecule has 5 N–H and O–H groups in total. The van der Waals surface area contributed by atoms with Crippen LogP contribution in [0.15, 0.2) is 0 Å². The van der Waals surface area contributed by atoms with E-state index >= 15 is 0 Å². The van der Waals surface area contributed by atoms with Crippen LogP contribution in [0.1, 0.15) is 38.5 Å². The Morgan fingerprint density at radius 2 is 1.86 bits per heavy atom. The Kier molecular flexibility index (Phi) is 14.2. The number of nitrogens with two attached hydrogens (primary N) is 1. The summed E-state index contributed by atoms with van der Waals surface area (Å²) in [5.74, 6) is -0.0767. The summed E-state index contributed by atoms with van der Waals surface area (Å²) < 4.78 is 0. The smallest absolute Gasteiger partial charge is 0.220 e. The maximum Gasteiger partial charge on any atom is 0.220 e. The van der Waals surface area contributed by atoms with Crippen LogP contribution < -0.4 is 11.1 Å². The predicted octanol–water partition coefficient (Wildman–Crippen LogP) is -0.744. The topological polar surface area (TPSA) is 116 Å². The maximum atomic E-state index is 11.5. The molecule has 0 aliphatic heterocycles. The molecule has 0 aliphatic carbocycles. The van der Waals surface area contributed by atoms with E-state index < -0.39 is 6.10 Å². The lowest BCUT2D eigenvalue weighted by Crippen LogP contribution is -2.36. The van der Waals surface area contributed by atoms with E-state index in [9.17, 15) is 14.7 Å². The molecule has 7 heteroatoms. The SMILES string of the molecule is NCC(O)CNC(=O)CCCCN(CCO)CCCCC=O. The van der Waals surface area contributed by atoms with Gasteiger partial charge in [0.1, 0.15) is 6.29 Å². The Balaban J connectivity index is 3.69. The van der Waals surface area contributed by atoms with Crippen molar-refractivity contribution in [3.8, 4) is 0 Å². The number of hydrogen-bond acceptors (Lipinski definition) is 6. The molecule has 0 rings (SSSR count). The van der Waals surface area contributed by atoms with Crippen molar-refractivity contribution >= 4 is 12.2 Å². The molecular formula is C15H31N3O4. The summed E-state index contributed by atoms with van der Waals surface area (Å²) in [5.41, 5.74) is 5.25. The molecule has 0 saturated carbocycles. The number of nitrogens with zero attached hydrogens (tertiary/aromatic N) is 1. The Hall–Kier alpha value is -1.02. The molecule has 1 atom stereocenters. The summed E-state index contributed by atoms with van der Waals surface area (Å²) >= 11 is 0. The first-order valence-electron chi connectivity index (χ1n) is 8.05. The van der Waals surface area contributed by atoms with Gasteiger partial charge in [0.2, 0.25) is 5.91 Å². The van der Waals surface area contributed by atoms with Crippen molar-refractivity contribution in [2.45, 2.75) is 44.6 Å². The molecule has 0 saturated heterocycles. The average Bonchev–Trinajstić information content (AvgIpc) is 2.52. The van der Waals surface area contributed by atoms with Gasteiger partial charge in [-0.3, -0.25) is 4.79 Å². The van der Waals surface area contributed by atoms with Gasteiger partial charge in [-0.05, 0) is 38.8 Å². The second-order valence-electron chi connectivity index (χ2n) is 5.38. The lowest BCUT2D eigenvalue weighted by Gasteiger charge is -2.21. The van der Waals surface area contributed by atoms with Crippen molar-refractivity contribution in [2.75, 3.05) is 39.3 Å². The zero-order valence-electron chi connectivity index (χ0n) is 13.4. The fourth-order valence-electron chi connectivity index (χ4n) is 2.06. The lowest BCUT2D eigenvalue weighted by atomic mass is 10.2. The predicted molar refractivity (Wildman–Crippen MR) is 85.4 cm³/mol. The van der Waals surface area contributed by atoms with Gasteiger partial charge in [0.25, 0.3) is 0 Å². The molecule has 0 aromatic rings. The number of aliphatic hydroxyl groups excluding tert-OH is 2. The first kappa shape index (κ1) is 21.0. The Morgan fingerprint density at radius 3 is 2.45 bits per heavy atom. The van der Waals surface area contributed by atoms with Crippen LogP contribution >= 0.6 is 0 Å². The second kappa shape index (κ2) is 14.9. The third-order valence-electron chi connectivity index (χ3n) is 3.40. The molecule has 130 valence electrons. The molecule has 0 aliphatic rings. The fraction of sp³-hybridized carbons (Fsp3) is 0.867. The first-order valence-corrected chi connectivity index (χ1v) is 8.05. The van der Waals surface area contributed by atoms with Gasteiger partial charge in [-0.15, -0.1) is 0 Å². The van der Waals surface area contributed by atoms with Gasteiger partial charge in [0.15, 0.2) is 0 Å². The van der Waals surface area contributed by atoms with E-state index in [1.807, 2.05) is 0 Å². The van der Waals surface area contributed by atoms with Crippen molar-refractivity contribution in [3.05, 3.63) is 0 Å². The number of carbonyl (C=O) groups is 2. The van der Waals surface area contributed by atoms with Crippen molar-refractivity contribution in [1.29, 1.82) is 0 Å². The minimum absolute atomic E-state index is 0.0767. The summed E-state index contributed by atoms with van der Waals surface area (Å²) in [4.78, 5) is 23.9. The monoisotopic (exact) mass is 317 g/mol. The first-order chi connectivity index (χ1) is 10.6. The molecular weight excluding hydrogens is 286 g/mol. The van der Waals surface area contributed by atoms with Gasteiger partial charge < -0.3 is 31.0 Å².